The van der Waals surface area contributed by atoms with Gasteiger partial charge in [-0.05, 0) is 21.9 Å². The Morgan fingerprint density at radius 1 is 1.00 bits per heavy atom. The Balaban J connectivity index is -0.0000000200. The van der Waals surface area contributed by atoms with E-state index in [0.29, 0.717) is 0 Å². The van der Waals surface area contributed by atoms with E-state index in [1.54, 1.807) is 0 Å². The van der Waals surface area contributed by atoms with Gasteiger partial charge in [-0.2, -0.15) is 0 Å². The van der Waals surface area contributed by atoms with Gasteiger partial charge in [0, 0.05) is 0 Å². The maximum Gasteiger partial charge on any atom is -0.0149 e. The van der Waals surface area contributed by atoms with Gasteiger partial charge < -0.3 is 0 Å². The smallest absolute Gasteiger partial charge is 0.0149 e. The van der Waals surface area contributed by atoms with Gasteiger partial charge in [-0.15, -0.1) is 0 Å². The van der Waals surface area contributed by atoms with Crippen molar-refractivity contribution in [3.8, 4) is 0 Å². The van der Waals surface area contributed by atoms with Crippen molar-refractivity contribution in [2.24, 2.45) is 0 Å². The predicted molar refractivity (Wildman–Crippen MR) is 38.6 cm³/mol. The highest BCUT2D eigenvalue weighted by Gasteiger charge is 1.35. The average Bonchev–Trinajstić information content (AvgIpc) is 0.918. The summed E-state index contributed by atoms with van der Waals surface area (Å²) in [5.41, 5.74) is 0. The van der Waals surface area contributed by atoms with Crippen molar-refractivity contribution in [2.75, 3.05) is 0 Å². The average molecular weight is 108 g/mol. The molecular formula is C3H16Si2. The van der Waals surface area contributed by atoms with Crippen LogP contribution < -0.4 is 0 Å². The van der Waals surface area contributed by atoms with E-state index in [4.69, 9.17) is 0 Å². The van der Waals surface area contributed by atoms with Gasteiger partial charge in [-0.25, -0.2) is 0 Å². The molecule has 0 spiro atoms. The van der Waals surface area contributed by atoms with Crippen LogP contribution in [-0.4, -0.2) is 21.9 Å². The zero-order valence-corrected chi connectivity index (χ0v) is 2.71. The second-order valence-corrected chi connectivity index (χ2v) is 0.707. The minimum atomic E-state index is 0. The first-order valence-electron chi connectivity index (χ1n) is 1.41. The molecule has 0 rings (SSSR count). The molecule has 0 nitrogen and oxygen atoms in total. The minimum Gasteiger partial charge on any atom is -0.0656 e. The summed E-state index contributed by atoms with van der Waals surface area (Å²) < 4.78 is 0. The quantitative estimate of drug-likeness (QED) is 0.332. The Bertz CT molecular complexity index is 4.85. The molecule has 0 N–H and O–H groups in total. The first kappa shape index (κ1) is 18.0. The number of hydrogen-bond donors (Lipinski definition) is 0. The third-order valence-electron chi connectivity index (χ3n) is 0. The lowest BCUT2D eigenvalue weighted by Crippen LogP contribution is -1.27. The van der Waals surface area contributed by atoms with Gasteiger partial charge in [-0.3, -0.25) is 0 Å². The lowest BCUT2D eigenvalue weighted by atomic mass is 10.6. The van der Waals surface area contributed by atoms with Gasteiger partial charge in [0.1, 0.15) is 0 Å². The van der Waals surface area contributed by atoms with E-state index in [-0.39, 0.29) is 21.9 Å². The van der Waals surface area contributed by atoms with Gasteiger partial charge in [-0.1, -0.05) is 20.3 Å². The zero-order chi connectivity index (χ0) is 2.71. The van der Waals surface area contributed by atoms with Crippen LogP contribution in [0.5, 0.6) is 0 Å². The molecule has 36 valence electrons. The molecule has 2 heteroatoms. The third-order valence-corrected chi connectivity index (χ3v) is 0. The highest BCUT2D eigenvalue weighted by molar-refractivity contribution is 5.76. The van der Waals surface area contributed by atoms with Crippen LogP contribution in [0, 0.1) is 0 Å². The molecule has 0 unspecified atom stereocenters. The molecule has 0 aromatic heterocycles. The lowest BCUT2D eigenvalue weighted by molar-refractivity contribution is 1.09. The summed E-state index contributed by atoms with van der Waals surface area (Å²) >= 11 is 0. The molecule has 0 aromatic carbocycles. The maximum atomic E-state index is 2.12. The van der Waals surface area contributed by atoms with E-state index in [1.807, 2.05) is 0 Å². The van der Waals surface area contributed by atoms with Gasteiger partial charge in [0.25, 0.3) is 0 Å². The molecule has 0 radical (unpaired) electrons. The molecule has 0 aliphatic carbocycles. The van der Waals surface area contributed by atoms with Gasteiger partial charge in [0.15, 0.2) is 0 Å². The molecule has 0 amide bonds. The van der Waals surface area contributed by atoms with E-state index in [9.17, 15) is 0 Å². The summed E-state index contributed by atoms with van der Waals surface area (Å²) in [6.45, 7) is 4.25. The van der Waals surface area contributed by atoms with Crippen molar-refractivity contribution in [2.45, 2.75) is 20.3 Å². The first-order valence-corrected chi connectivity index (χ1v) is 1.41. The van der Waals surface area contributed by atoms with Crippen LogP contribution in [0.15, 0.2) is 0 Å². The van der Waals surface area contributed by atoms with Crippen LogP contribution in [0.3, 0.4) is 0 Å². The Morgan fingerprint density at radius 2 is 1.00 bits per heavy atom. The normalized spacial score (nSPS) is 3.60. The van der Waals surface area contributed by atoms with Crippen molar-refractivity contribution in [3.63, 3.8) is 0 Å². The van der Waals surface area contributed by atoms with Crippen molar-refractivity contribution < 1.29 is 0 Å². The SMILES string of the molecule is CCC.[SiH4].[SiH4]. The largest absolute Gasteiger partial charge is 0.0656 e. The van der Waals surface area contributed by atoms with Crippen LogP contribution >= 0.6 is 0 Å². The Morgan fingerprint density at radius 3 is 1.00 bits per heavy atom. The molecule has 0 saturated heterocycles. The number of rotatable bonds is 0. The van der Waals surface area contributed by atoms with E-state index in [2.05, 4.69) is 13.8 Å². The summed E-state index contributed by atoms with van der Waals surface area (Å²) in [5, 5.41) is 0. The topological polar surface area (TPSA) is 0 Å². The van der Waals surface area contributed by atoms with Crippen LogP contribution in [0.1, 0.15) is 20.3 Å². The predicted octanol–water partition coefficient (Wildman–Crippen LogP) is -1.49. The monoisotopic (exact) mass is 108 g/mol. The molecule has 0 saturated carbocycles. The van der Waals surface area contributed by atoms with Gasteiger partial charge in [0.05, 0.1) is 0 Å². The summed E-state index contributed by atoms with van der Waals surface area (Å²) in [7, 11) is 0. The molecule has 0 fully saturated rings. The molecule has 0 aromatic rings. The highest BCUT2D eigenvalue weighted by Crippen LogP contribution is 1.56. The summed E-state index contributed by atoms with van der Waals surface area (Å²) in [5.74, 6) is 0. The summed E-state index contributed by atoms with van der Waals surface area (Å²) in [6, 6.07) is 0. The molecule has 0 aliphatic rings. The van der Waals surface area contributed by atoms with Crippen molar-refractivity contribution in [3.05, 3.63) is 0 Å². The molecule has 5 heavy (non-hydrogen) atoms. The molecule has 0 atom stereocenters. The number of hydrogen-bond acceptors (Lipinski definition) is 0. The standard InChI is InChI=1S/C3H8.2H4Si/c1-3-2;;/h3H2,1-2H3;2*1H4. The minimum absolute atomic E-state index is 0. The van der Waals surface area contributed by atoms with Crippen LogP contribution in [0.2, 0.25) is 0 Å². The fourth-order valence-corrected chi connectivity index (χ4v) is 0. The van der Waals surface area contributed by atoms with Gasteiger partial charge >= 0.3 is 0 Å². The van der Waals surface area contributed by atoms with Crippen molar-refractivity contribution in [1.29, 1.82) is 0 Å². The highest BCUT2D eigenvalue weighted by atomic mass is 28.1. The third kappa shape index (κ3) is 140. The van der Waals surface area contributed by atoms with Crippen molar-refractivity contribution in [1.82, 2.24) is 0 Å². The van der Waals surface area contributed by atoms with E-state index >= 15 is 0 Å². The fourth-order valence-electron chi connectivity index (χ4n) is 0. The van der Waals surface area contributed by atoms with Crippen molar-refractivity contribution >= 4 is 21.9 Å². The first-order chi connectivity index (χ1) is 1.41. The molecular weight excluding hydrogens is 92.2 g/mol. The maximum absolute atomic E-state index is 2.12. The molecule has 0 aliphatic heterocycles. The zero-order valence-electron chi connectivity index (χ0n) is 2.71. The molecule has 0 bridgehead atoms. The van der Waals surface area contributed by atoms with Crippen LogP contribution in [0.25, 0.3) is 0 Å². The Labute approximate surface area is 43.0 Å². The van der Waals surface area contributed by atoms with Crippen LogP contribution in [0.4, 0.5) is 0 Å². The fraction of sp³-hybridized carbons (Fsp3) is 1.00. The van der Waals surface area contributed by atoms with Crippen LogP contribution in [-0.2, 0) is 0 Å². The van der Waals surface area contributed by atoms with E-state index in [1.165, 1.54) is 6.42 Å². The van der Waals surface area contributed by atoms with Gasteiger partial charge in [0.2, 0.25) is 0 Å². The second kappa shape index (κ2) is 25.4. The summed E-state index contributed by atoms with van der Waals surface area (Å²) in [4.78, 5) is 0. The Hall–Kier alpha value is 0.434. The summed E-state index contributed by atoms with van der Waals surface area (Å²) in [6.07, 6.45) is 1.25. The lowest BCUT2D eigenvalue weighted by Gasteiger charge is -1.48. The second-order valence-electron chi connectivity index (χ2n) is 0.707. The Kier molecular flexibility index (Phi) is 91.7. The van der Waals surface area contributed by atoms with E-state index < -0.39 is 0 Å². The molecule has 0 heterocycles. The van der Waals surface area contributed by atoms with E-state index in [0.717, 1.165) is 0 Å².